The number of aliphatic carboxylic acids is 1. The molecule has 0 radical (unpaired) electrons. The first-order valence-electron chi connectivity index (χ1n) is 7.03. The minimum Gasteiger partial charge on any atom is -0.543 e. The van der Waals surface area contributed by atoms with Gasteiger partial charge >= 0.3 is 5.97 Å². The van der Waals surface area contributed by atoms with Crippen LogP contribution in [0.4, 0.5) is 0 Å². The summed E-state index contributed by atoms with van der Waals surface area (Å²) in [5, 5.41) is 11.5. The van der Waals surface area contributed by atoms with Crippen LogP contribution in [0.25, 0.3) is 6.08 Å². The van der Waals surface area contributed by atoms with Crippen LogP contribution in [0.15, 0.2) is 66.4 Å². The summed E-state index contributed by atoms with van der Waals surface area (Å²) in [6, 6.07) is 17.7. The quantitative estimate of drug-likeness (QED) is 0.628. The van der Waals surface area contributed by atoms with E-state index in [1.54, 1.807) is 54.6 Å². The summed E-state index contributed by atoms with van der Waals surface area (Å²) in [6.45, 7) is 0. The Kier molecular flexibility index (Phi) is 3.85. The van der Waals surface area contributed by atoms with Crippen LogP contribution in [0, 0.1) is 0 Å². The van der Waals surface area contributed by atoms with Crippen LogP contribution in [0.3, 0.4) is 0 Å². The van der Waals surface area contributed by atoms with E-state index in [-0.39, 0.29) is 12.2 Å². The number of carbonyl (C=O) groups is 2. The number of carbonyl (C=O) groups excluding carboxylic acids is 2. The maximum absolute atomic E-state index is 12.0. The molecule has 1 heterocycles. The van der Waals surface area contributed by atoms with Gasteiger partial charge in [0.05, 0.1) is 6.42 Å². The first-order valence-corrected chi connectivity index (χ1v) is 7.03. The van der Waals surface area contributed by atoms with Gasteiger partial charge < -0.3 is 19.4 Å². The van der Waals surface area contributed by atoms with Crippen LogP contribution < -0.4 is 5.11 Å². The number of hydrogen-bond donors (Lipinski definition) is 0. The molecule has 0 aliphatic carbocycles. The Labute approximate surface area is 132 Å². The van der Waals surface area contributed by atoms with Crippen LogP contribution in [0.2, 0.25) is 0 Å². The molecule has 5 heteroatoms. The fraction of sp³-hybridized carbons (Fsp3) is 0.111. The van der Waals surface area contributed by atoms with Crippen molar-refractivity contribution < 1.29 is 24.2 Å². The summed E-state index contributed by atoms with van der Waals surface area (Å²) in [5.74, 6) is -4.71. The Balaban J connectivity index is 1.90. The minimum atomic E-state index is -2.14. The molecule has 1 fully saturated rings. The molecule has 5 nitrogen and oxygen atoms in total. The van der Waals surface area contributed by atoms with Crippen LogP contribution in [-0.2, 0) is 25.5 Å². The second kappa shape index (κ2) is 5.96. The topological polar surface area (TPSA) is 75.7 Å². The van der Waals surface area contributed by atoms with Crippen LogP contribution in [-0.4, -0.2) is 17.7 Å². The van der Waals surface area contributed by atoms with Gasteiger partial charge in [-0.05, 0) is 17.2 Å². The van der Waals surface area contributed by atoms with E-state index in [1.165, 1.54) is 6.08 Å². The molecule has 0 saturated carbocycles. The van der Waals surface area contributed by atoms with Crippen molar-refractivity contribution >= 4 is 18.0 Å². The second-order valence-electron chi connectivity index (χ2n) is 5.11. The zero-order valence-electron chi connectivity index (χ0n) is 12.1. The molecule has 2 aromatic rings. The SMILES string of the molecule is O=C1O[C@@](Cc2ccccc2)(C(=O)[O-])O/C1=C\c1ccccc1. The van der Waals surface area contributed by atoms with Crippen molar-refractivity contribution in [1.82, 2.24) is 0 Å². The fourth-order valence-electron chi connectivity index (χ4n) is 2.32. The van der Waals surface area contributed by atoms with Gasteiger partial charge in [-0.3, -0.25) is 0 Å². The molecule has 0 unspecified atom stereocenters. The molecule has 0 aromatic heterocycles. The standard InChI is InChI=1S/C18H14O5/c19-16-15(11-13-7-3-1-4-8-13)22-18(23-16,17(20)21)12-14-9-5-2-6-10-14/h1-11H,12H2,(H,20,21)/p-1/b15-11-/t18-/m0/s1. The molecule has 0 spiro atoms. The van der Waals surface area contributed by atoms with E-state index in [0.29, 0.717) is 11.1 Å². The number of rotatable bonds is 4. The summed E-state index contributed by atoms with van der Waals surface area (Å²) in [7, 11) is 0. The van der Waals surface area contributed by atoms with Gasteiger partial charge in [-0.1, -0.05) is 60.7 Å². The van der Waals surface area contributed by atoms with Crippen molar-refractivity contribution in [1.29, 1.82) is 0 Å². The van der Waals surface area contributed by atoms with Crippen molar-refractivity contribution in [3.05, 3.63) is 77.5 Å². The van der Waals surface area contributed by atoms with E-state index in [0.717, 1.165) is 0 Å². The molecular weight excluding hydrogens is 296 g/mol. The number of carboxylic acid groups (broad SMARTS) is 1. The maximum Gasteiger partial charge on any atom is 0.377 e. The first kappa shape index (κ1) is 14.8. The third kappa shape index (κ3) is 3.08. The Morgan fingerprint density at radius 2 is 1.61 bits per heavy atom. The number of esters is 1. The molecule has 1 aliphatic rings. The van der Waals surface area contributed by atoms with Crippen molar-refractivity contribution in [3.63, 3.8) is 0 Å². The molecule has 1 atom stereocenters. The van der Waals surface area contributed by atoms with Crippen molar-refractivity contribution in [2.24, 2.45) is 0 Å². The number of ether oxygens (including phenoxy) is 2. The molecule has 23 heavy (non-hydrogen) atoms. The van der Waals surface area contributed by atoms with E-state index < -0.39 is 17.7 Å². The first-order chi connectivity index (χ1) is 11.1. The Morgan fingerprint density at radius 1 is 1.00 bits per heavy atom. The highest BCUT2D eigenvalue weighted by molar-refractivity contribution is 5.96. The highest BCUT2D eigenvalue weighted by Gasteiger charge is 2.47. The van der Waals surface area contributed by atoms with Gasteiger partial charge in [-0.15, -0.1) is 0 Å². The van der Waals surface area contributed by atoms with Crippen molar-refractivity contribution in [3.8, 4) is 0 Å². The fourth-order valence-corrected chi connectivity index (χ4v) is 2.32. The van der Waals surface area contributed by atoms with Gasteiger partial charge in [-0.25, -0.2) is 4.79 Å². The summed E-state index contributed by atoms with van der Waals surface area (Å²) < 4.78 is 10.4. The van der Waals surface area contributed by atoms with Gasteiger partial charge in [0.15, 0.2) is 0 Å². The number of benzene rings is 2. The van der Waals surface area contributed by atoms with Crippen LogP contribution >= 0.6 is 0 Å². The Bertz CT molecular complexity index is 751. The summed E-state index contributed by atoms with van der Waals surface area (Å²) >= 11 is 0. The number of cyclic esters (lactones) is 1. The molecule has 0 bridgehead atoms. The van der Waals surface area contributed by atoms with E-state index in [4.69, 9.17) is 9.47 Å². The van der Waals surface area contributed by atoms with E-state index >= 15 is 0 Å². The van der Waals surface area contributed by atoms with Gasteiger partial charge in [0.25, 0.3) is 5.79 Å². The largest absolute Gasteiger partial charge is 0.543 e. The monoisotopic (exact) mass is 309 g/mol. The summed E-state index contributed by atoms with van der Waals surface area (Å²) in [6.07, 6.45) is 1.31. The van der Waals surface area contributed by atoms with Gasteiger partial charge in [0.1, 0.15) is 5.97 Å². The minimum absolute atomic E-state index is 0.131. The molecule has 3 rings (SSSR count). The van der Waals surface area contributed by atoms with Crippen LogP contribution in [0.1, 0.15) is 11.1 Å². The highest BCUT2D eigenvalue weighted by atomic mass is 16.8. The zero-order valence-corrected chi connectivity index (χ0v) is 12.1. The molecule has 1 aliphatic heterocycles. The molecule has 0 amide bonds. The predicted octanol–water partition coefficient (Wildman–Crippen LogP) is 1.29. The van der Waals surface area contributed by atoms with Crippen LogP contribution in [0.5, 0.6) is 0 Å². The Morgan fingerprint density at radius 3 is 2.22 bits per heavy atom. The maximum atomic E-state index is 12.0. The molecule has 0 N–H and O–H groups in total. The lowest BCUT2D eigenvalue weighted by Crippen LogP contribution is -2.51. The third-order valence-corrected chi connectivity index (χ3v) is 3.42. The van der Waals surface area contributed by atoms with Crippen molar-refractivity contribution in [2.45, 2.75) is 12.2 Å². The lowest BCUT2D eigenvalue weighted by Gasteiger charge is -2.27. The van der Waals surface area contributed by atoms with E-state index in [1.807, 2.05) is 6.07 Å². The van der Waals surface area contributed by atoms with Gasteiger partial charge in [0, 0.05) is 0 Å². The zero-order chi connectivity index (χ0) is 16.3. The van der Waals surface area contributed by atoms with E-state index in [9.17, 15) is 14.7 Å². The molecule has 2 aromatic carbocycles. The second-order valence-corrected chi connectivity index (χ2v) is 5.11. The average molecular weight is 309 g/mol. The average Bonchev–Trinajstić information content (AvgIpc) is 2.86. The third-order valence-electron chi connectivity index (χ3n) is 3.42. The molecular formula is C18H13O5-. The van der Waals surface area contributed by atoms with Gasteiger partial charge in [0.2, 0.25) is 5.76 Å². The normalized spacial score (nSPS) is 21.7. The lowest BCUT2D eigenvalue weighted by atomic mass is 10.1. The predicted molar refractivity (Wildman–Crippen MR) is 79.5 cm³/mol. The summed E-state index contributed by atoms with van der Waals surface area (Å²) in [4.78, 5) is 23.5. The Hall–Kier alpha value is -3.08. The molecule has 116 valence electrons. The van der Waals surface area contributed by atoms with Gasteiger partial charge in [-0.2, -0.15) is 0 Å². The molecule has 1 saturated heterocycles. The highest BCUT2D eigenvalue weighted by Crippen LogP contribution is 2.31. The number of hydrogen-bond acceptors (Lipinski definition) is 5. The lowest BCUT2D eigenvalue weighted by molar-refractivity contribution is -0.341. The summed E-state index contributed by atoms with van der Waals surface area (Å²) in [5.41, 5.74) is 1.36. The number of carboxylic acids is 1. The van der Waals surface area contributed by atoms with Crippen molar-refractivity contribution in [2.75, 3.05) is 0 Å². The van der Waals surface area contributed by atoms with E-state index in [2.05, 4.69) is 0 Å². The smallest absolute Gasteiger partial charge is 0.377 e.